The van der Waals surface area contributed by atoms with Crippen LogP contribution < -0.4 is 5.32 Å². The number of nitrogens with one attached hydrogen (secondary N) is 1. The predicted molar refractivity (Wildman–Crippen MR) is 67.0 cm³/mol. The van der Waals surface area contributed by atoms with Gasteiger partial charge in [-0.2, -0.15) is 0 Å². The van der Waals surface area contributed by atoms with Gasteiger partial charge in [0, 0.05) is 13.6 Å². The average Bonchev–Trinajstić information content (AvgIpc) is 2.38. The Hall–Kier alpha value is -1.69. The second-order valence-electron chi connectivity index (χ2n) is 4.03. The third-order valence-corrected chi connectivity index (χ3v) is 2.67. The molecule has 0 radical (unpaired) electrons. The summed E-state index contributed by atoms with van der Waals surface area (Å²) in [6.45, 7) is 4.00. The molecule has 1 amide bonds. The SMILES string of the molecule is CCNc1ncc(F)cc1C(=O)N(C)C(C)CO. The van der Waals surface area contributed by atoms with E-state index in [-0.39, 0.29) is 24.1 Å². The molecule has 0 spiro atoms. The van der Waals surface area contributed by atoms with Gasteiger partial charge >= 0.3 is 0 Å². The first-order valence-corrected chi connectivity index (χ1v) is 5.78. The molecule has 0 saturated carbocycles. The fourth-order valence-corrected chi connectivity index (χ4v) is 1.42. The molecule has 18 heavy (non-hydrogen) atoms. The molecule has 0 aromatic carbocycles. The van der Waals surface area contributed by atoms with Crippen LogP contribution in [0.2, 0.25) is 0 Å². The number of likely N-dealkylation sites (N-methyl/N-ethyl adjacent to an activating group) is 1. The Morgan fingerprint density at radius 2 is 2.33 bits per heavy atom. The van der Waals surface area contributed by atoms with Crippen LogP contribution in [0.5, 0.6) is 0 Å². The number of nitrogens with zero attached hydrogens (tertiary/aromatic N) is 2. The zero-order valence-corrected chi connectivity index (χ0v) is 10.8. The monoisotopic (exact) mass is 255 g/mol. The number of carbonyl (C=O) groups is 1. The lowest BCUT2D eigenvalue weighted by Crippen LogP contribution is -2.37. The highest BCUT2D eigenvalue weighted by molar-refractivity contribution is 5.98. The second-order valence-corrected chi connectivity index (χ2v) is 4.03. The molecule has 1 heterocycles. The van der Waals surface area contributed by atoms with Gasteiger partial charge in [0.15, 0.2) is 0 Å². The summed E-state index contributed by atoms with van der Waals surface area (Å²) in [5.74, 6) is -0.592. The fourth-order valence-electron chi connectivity index (χ4n) is 1.42. The van der Waals surface area contributed by atoms with Gasteiger partial charge in [-0.1, -0.05) is 0 Å². The van der Waals surface area contributed by atoms with E-state index in [0.717, 1.165) is 12.3 Å². The van der Waals surface area contributed by atoms with Crippen LogP contribution in [0, 0.1) is 5.82 Å². The molecule has 0 aliphatic carbocycles. The van der Waals surface area contributed by atoms with Crippen molar-refractivity contribution in [2.75, 3.05) is 25.5 Å². The van der Waals surface area contributed by atoms with E-state index in [1.54, 1.807) is 14.0 Å². The first-order chi connectivity index (χ1) is 8.51. The Labute approximate surface area is 106 Å². The highest BCUT2D eigenvalue weighted by Crippen LogP contribution is 2.16. The Morgan fingerprint density at radius 1 is 1.67 bits per heavy atom. The van der Waals surface area contributed by atoms with E-state index in [0.29, 0.717) is 12.4 Å². The van der Waals surface area contributed by atoms with Crippen molar-refractivity contribution >= 4 is 11.7 Å². The van der Waals surface area contributed by atoms with Crippen molar-refractivity contribution in [1.29, 1.82) is 0 Å². The van der Waals surface area contributed by atoms with Crippen LogP contribution in [0.15, 0.2) is 12.3 Å². The minimum absolute atomic E-state index is 0.151. The molecule has 0 saturated heterocycles. The van der Waals surface area contributed by atoms with Crippen molar-refractivity contribution in [3.63, 3.8) is 0 Å². The number of aliphatic hydroxyl groups is 1. The highest BCUT2D eigenvalue weighted by atomic mass is 19.1. The minimum atomic E-state index is -0.565. The maximum absolute atomic E-state index is 13.2. The summed E-state index contributed by atoms with van der Waals surface area (Å²) in [6, 6.07) is 0.809. The van der Waals surface area contributed by atoms with E-state index in [4.69, 9.17) is 5.11 Å². The molecule has 0 bridgehead atoms. The number of hydrogen-bond acceptors (Lipinski definition) is 4. The molecule has 100 valence electrons. The van der Waals surface area contributed by atoms with Crippen molar-refractivity contribution in [3.8, 4) is 0 Å². The van der Waals surface area contributed by atoms with Gasteiger partial charge in [0.25, 0.3) is 5.91 Å². The molecule has 0 aliphatic heterocycles. The third kappa shape index (κ3) is 3.16. The van der Waals surface area contributed by atoms with Crippen molar-refractivity contribution < 1.29 is 14.3 Å². The van der Waals surface area contributed by atoms with Crippen LogP contribution >= 0.6 is 0 Å². The smallest absolute Gasteiger partial charge is 0.257 e. The van der Waals surface area contributed by atoms with Crippen LogP contribution in [-0.2, 0) is 0 Å². The molecule has 1 rings (SSSR count). The molecule has 0 aliphatic rings. The lowest BCUT2D eigenvalue weighted by molar-refractivity contribution is 0.0682. The number of pyridine rings is 1. The van der Waals surface area contributed by atoms with Crippen LogP contribution in [0.4, 0.5) is 10.2 Å². The third-order valence-electron chi connectivity index (χ3n) is 2.67. The molecule has 6 heteroatoms. The molecular weight excluding hydrogens is 237 g/mol. The zero-order valence-electron chi connectivity index (χ0n) is 10.8. The van der Waals surface area contributed by atoms with Gasteiger partial charge in [0.2, 0.25) is 0 Å². The largest absolute Gasteiger partial charge is 0.394 e. The lowest BCUT2D eigenvalue weighted by atomic mass is 10.2. The van der Waals surface area contributed by atoms with E-state index in [1.807, 2.05) is 6.92 Å². The number of hydrogen-bond donors (Lipinski definition) is 2. The maximum atomic E-state index is 13.2. The number of amides is 1. The number of carbonyl (C=O) groups excluding carboxylic acids is 1. The van der Waals surface area contributed by atoms with Crippen molar-refractivity contribution in [2.24, 2.45) is 0 Å². The molecule has 1 aromatic heterocycles. The number of halogens is 1. The molecule has 5 nitrogen and oxygen atoms in total. The predicted octanol–water partition coefficient (Wildman–Crippen LogP) is 1.11. The zero-order chi connectivity index (χ0) is 13.7. The van der Waals surface area contributed by atoms with Gasteiger partial charge in [-0.15, -0.1) is 0 Å². The van der Waals surface area contributed by atoms with E-state index in [9.17, 15) is 9.18 Å². The Morgan fingerprint density at radius 3 is 2.89 bits per heavy atom. The van der Waals surface area contributed by atoms with Crippen LogP contribution in [0.1, 0.15) is 24.2 Å². The molecule has 0 fully saturated rings. The quantitative estimate of drug-likeness (QED) is 0.827. The van der Waals surface area contributed by atoms with E-state index < -0.39 is 5.82 Å². The van der Waals surface area contributed by atoms with Crippen LogP contribution in [0.25, 0.3) is 0 Å². The highest BCUT2D eigenvalue weighted by Gasteiger charge is 2.21. The van der Waals surface area contributed by atoms with E-state index in [2.05, 4.69) is 10.3 Å². The van der Waals surface area contributed by atoms with Gasteiger partial charge in [-0.05, 0) is 19.9 Å². The van der Waals surface area contributed by atoms with Crippen molar-refractivity contribution in [3.05, 3.63) is 23.6 Å². The van der Waals surface area contributed by atoms with E-state index >= 15 is 0 Å². The number of aromatic nitrogens is 1. The van der Waals surface area contributed by atoms with Gasteiger partial charge in [0.1, 0.15) is 11.6 Å². The standard InChI is InChI=1S/C12H18FN3O2/c1-4-14-11-10(5-9(13)6-15-11)12(18)16(3)8(2)7-17/h5-6,8,17H,4,7H2,1-3H3,(H,14,15). The fraction of sp³-hybridized carbons (Fsp3) is 0.500. The van der Waals surface area contributed by atoms with Crippen LogP contribution in [-0.4, -0.2) is 47.1 Å². The molecule has 1 aromatic rings. The Bertz CT molecular complexity index is 426. The summed E-state index contributed by atoms with van der Waals surface area (Å²) in [7, 11) is 1.56. The molecule has 1 unspecified atom stereocenters. The maximum Gasteiger partial charge on any atom is 0.257 e. The summed E-state index contributed by atoms with van der Waals surface area (Å²) in [5, 5.41) is 11.9. The summed E-state index contributed by atoms with van der Waals surface area (Å²) in [5.41, 5.74) is 0.166. The molecule has 1 atom stereocenters. The van der Waals surface area contributed by atoms with E-state index in [1.165, 1.54) is 4.90 Å². The summed E-state index contributed by atoms with van der Waals surface area (Å²) >= 11 is 0. The minimum Gasteiger partial charge on any atom is -0.394 e. The van der Waals surface area contributed by atoms with Crippen molar-refractivity contribution in [2.45, 2.75) is 19.9 Å². The van der Waals surface area contributed by atoms with Crippen LogP contribution in [0.3, 0.4) is 0 Å². The summed E-state index contributed by atoms with van der Waals surface area (Å²) in [6.07, 6.45) is 1.06. The molecule has 2 N–H and O–H groups in total. The van der Waals surface area contributed by atoms with Gasteiger partial charge in [-0.25, -0.2) is 9.37 Å². The first kappa shape index (κ1) is 14.4. The molecular formula is C12H18FN3O2. The Balaban J connectivity index is 3.06. The summed E-state index contributed by atoms with van der Waals surface area (Å²) in [4.78, 5) is 17.4. The second kappa shape index (κ2) is 6.30. The number of anilines is 1. The summed E-state index contributed by atoms with van der Waals surface area (Å²) < 4.78 is 13.2. The van der Waals surface area contributed by atoms with Gasteiger partial charge in [-0.3, -0.25) is 4.79 Å². The topological polar surface area (TPSA) is 65.5 Å². The average molecular weight is 255 g/mol. The lowest BCUT2D eigenvalue weighted by Gasteiger charge is -2.24. The number of rotatable bonds is 5. The van der Waals surface area contributed by atoms with Crippen molar-refractivity contribution in [1.82, 2.24) is 9.88 Å². The Kier molecular flexibility index (Phi) is 5.03. The number of aliphatic hydroxyl groups excluding tert-OH is 1. The van der Waals surface area contributed by atoms with Gasteiger partial charge in [0.05, 0.1) is 24.4 Å². The first-order valence-electron chi connectivity index (χ1n) is 5.78. The normalized spacial score (nSPS) is 12.1. The van der Waals surface area contributed by atoms with Gasteiger partial charge < -0.3 is 15.3 Å².